The van der Waals surface area contributed by atoms with Gasteiger partial charge in [-0.1, -0.05) is 6.92 Å². The van der Waals surface area contributed by atoms with Gasteiger partial charge in [0.05, 0.1) is 0 Å². The van der Waals surface area contributed by atoms with Crippen LogP contribution in [0.2, 0.25) is 0 Å². The Labute approximate surface area is 73.1 Å². The third kappa shape index (κ3) is 1.88. The van der Waals surface area contributed by atoms with Gasteiger partial charge >= 0.3 is 6.03 Å². The van der Waals surface area contributed by atoms with Crippen molar-refractivity contribution >= 4 is 6.03 Å². The van der Waals surface area contributed by atoms with Crippen LogP contribution < -0.4 is 11.1 Å². The summed E-state index contributed by atoms with van der Waals surface area (Å²) in [5.74, 6) is 0. The topological polar surface area (TPSA) is 58.4 Å². The predicted molar refractivity (Wildman–Crippen MR) is 47.9 cm³/mol. The lowest BCUT2D eigenvalue weighted by Crippen LogP contribution is -2.38. The van der Waals surface area contributed by atoms with Gasteiger partial charge in [-0.05, 0) is 19.4 Å². The van der Waals surface area contributed by atoms with Gasteiger partial charge in [-0.25, -0.2) is 4.79 Å². The zero-order chi connectivity index (χ0) is 8.97. The fourth-order valence-corrected chi connectivity index (χ4v) is 1.61. The van der Waals surface area contributed by atoms with Crippen LogP contribution in [0.3, 0.4) is 0 Å². The number of carbonyl (C=O) groups excluding carboxylic acids is 1. The Bertz CT molecular complexity index is 160. The Balaban J connectivity index is 2.46. The molecule has 0 aliphatic carbocycles. The van der Waals surface area contributed by atoms with Crippen molar-refractivity contribution in [2.75, 3.05) is 19.6 Å². The molecule has 0 bridgehead atoms. The standard InChI is InChI=1S/C8H17N3O/c1-2-7(3-4-9)11-6-5-10-8(11)12/h7H,2-6,9H2,1H3,(H,10,12). The number of nitrogens with one attached hydrogen (secondary N) is 1. The quantitative estimate of drug-likeness (QED) is 0.632. The normalized spacial score (nSPS) is 19.5. The molecule has 0 aromatic heterocycles. The number of amides is 2. The van der Waals surface area contributed by atoms with Crippen LogP contribution in [0.15, 0.2) is 0 Å². The molecule has 0 saturated carbocycles. The van der Waals surface area contributed by atoms with E-state index in [0.717, 1.165) is 25.9 Å². The maximum Gasteiger partial charge on any atom is 0.317 e. The molecule has 1 rings (SSSR count). The monoisotopic (exact) mass is 171 g/mol. The van der Waals surface area contributed by atoms with Crippen LogP contribution in [-0.2, 0) is 0 Å². The van der Waals surface area contributed by atoms with Crippen molar-refractivity contribution in [1.82, 2.24) is 10.2 Å². The van der Waals surface area contributed by atoms with Crippen molar-refractivity contribution in [2.45, 2.75) is 25.8 Å². The first kappa shape index (κ1) is 9.32. The number of carbonyl (C=O) groups is 1. The van der Waals surface area contributed by atoms with Gasteiger partial charge in [0.1, 0.15) is 0 Å². The van der Waals surface area contributed by atoms with Gasteiger partial charge in [0.2, 0.25) is 0 Å². The second-order valence-corrected chi connectivity index (χ2v) is 3.06. The smallest absolute Gasteiger partial charge is 0.317 e. The first-order valence-corrected chi connectivity index (χ1v) is 4.54. The molecule has 1 fully saturated rings. The molecule has 70 valence electrons. The third-order valence-corrected chi connectivity index (χ3v) is 2.30. The first-order valence-electron chi connectivity index (χ1n) is 4.54. The zero-order valence-electron chi connectivity index (χ0n) is 7.55. The lowest BCUT2D eigenvalue weighted by molar-refractivity contribution is 0.193. The molecule has 1 unspecified atom stereocenters. The van der Waals surface area contributed by atoms with Crippen LogP contribution in [0.5, 0.6) is 0 Å². The zero-order valence-corrected chi connectivity index (χ0v) is 7.55. The van der Waals surface area contributed by atoms with Gasteiger partial charge < -0.3 is 16.0 Å². The lowest BCUT2D eigenvalue weighted by atomic mass is 10.1. The molecule has 0 aromatic carbocycles. The number of urea groups is 1. The summed E-state index contributed by atoms with van der Waals surface area (Å²) in [6, 6.07) is 0.396. The molecule has 4 heteroatoms. The molecule has 1 atom stereocenters. The Morgan fingerprint density at radius 1 is 1.75 bits per heavy atom. The molecule has 3 N–H and O–H groups in total. The summed E-state index contributed by atoms with van der Waals surface area (Å²) in [4.78, 5) is 13.1. The van der Waals surface area contributed by atoms with Gasteiger partial charge in [0.15, 0.2) is 0 Å². The maximum absolute atomic E-state index is 11.2. The van der Waals surface area contributed by atoms with E-state index in [0.29, 0.717) is 12.6 Å². The third-order valence-electron chi connectivity index (χ3n) is 2.30. The highest BCUT2D eigenvalue weighted by atomic mass is 16.2. The average molecular weight is 171 g/mol. The number of nitrogens with zero attached hydrogens (tertiary/aromatic N) is 1. The average Bonchev–Trinajstić information content (AvgIpc) is 2.47. The Morgan fingerprint density at radius 2 is 2.50 bits per heavy atom. The van der Waals surface area contributed by atoms with Gasteiger partial charge in [-0.15, -0.1) is 0 Å². The van der Waals surface area contributed by atoms with E-state index in [2.05, 4.69) is 12.2 Å². The Kier molecular flexibility index (Phi) is 3.34. The highest BCUT2D eigenvalue weighted by Crippen LogP contribution is 2.10. The SMILES string of the molecule is CCC(CCN)N1CCNC1=O. The van der Waals surface area contributed by atoms with E-state index >= 15 is 0 Å². The minimum absolute atomic E-state index is 0.0651. The first-order chi connectivity index (χ1) is 5.79. The number of hydrogen-bond donors (Lipinski definition) is 2. The van der Waals surface area contributed by atoms with Crippen molar-refractivity contribution in [3.63, 3.8) is 0 Å². The summed E-state index contributed by atoms with van der Waals surface area (Å²) in [5.41, 5.74) is 5.46. The Morgan fingerprint density at radius 3 is 2.92 bits per heavy atom. The van der Waals surface area contributed by atoms with Gasteiger partial charge in [-0.2, -0.15) is 0 Å². The molecular weight excluding hydrogens is 154 g/mol. The molecule has 1 saturated heterocycles. The molecule has 2 amide bonds. The minimum atomic E-state index is 0.0651. The summed E-state index contributed by atoms with van der Waals surface area (Å²) in [6.45, 7) is 4.35. The number of hydrogen-bond acceptors (Lipinski definition) is 2. The summed E-state index contributed by atoms with van der Waals surface area (Å²) in [6.07, 6.45) is 1.90. The summed E-state index contributed by atoms with van der Waals surface area (Å²) >= 11 is 0. The van der Waals surface area contributed by atoms with Crippen LogP contribution in [0.1, 0.15) is 19.8 Å². The van der Waals surface area contributed by atoms with E-state index in [1.54, 1.807) is 0 Å². The van der Waals surface area contributed by atoms with Crippen molar-refractivity contribution in [1.29, 1.82) is 0 Å². The van der Waals surface area contributed by atoms with E-state index in [1.165, 1.54) is 0 Å². The van der Waals surface area contributed by atoms with Crippen molar-refractivity contribution < 1.29 is 4.79 Å². The fraction of sp³-hybridized carbons (Fsp3) is 0.875. The van der Waals surface area contributed by atoms with E-state index in [9.17, 15) is 4.79 Å². The minimum Gasteiger partial charge on any atom is -0.336 e. The summed E-state index contributed by atoms with van der Waals surface area (Å²) in [5, 5.41) is 2.79. The van der Waals surface area contributed by atoms with Gasteiger partial charge in [0.25, 0.3) is 0 Å². The van der Waals surface area contributed by atoms with Crippen molar-refractivity contribution in [2.24, 2.45) is 5.73 Å². The highest BCUT2D eigenvalue weighted by Gasteiger charge is 2.25. The van der Waals surface area contributed by atoms with Crippen LogP contribution in [0.25, 0.3) is 0 Å². The largest absolute Gasteiger partial charge is 0.336 e. The van der Waals surface area contributed by atoms with Crippen molar-refractivity contribution in [3.05, 3.63) is 0 Å². The Hall–Kier alpha value is -0.770. The molecular formula is C8H17N3O. The highest BCUT2D eigenvalue weighted by molar-refractivity contribution is 5.76. The second-order valence-electron chi connectivity index (χ2n) is 3.06. The second kappa shape index (κ2) is 4.30. The summed E-state index contributed by atoms with van der Waals surface area (Å²) < 4.78 is 0. The van der Waals surface area contributed by atoms with Crippen LogP contribution in [0, 0.1) is 0 Å². The molecule has 12 heavy (non-hydrogen) atoms. The van der Waals surface area contributed by atoms with Gasteiger partial charge in [-0.3, -0.25) is 0 Å². The molecule has 0 spiro atoms. The fourth-order valence-electron chi connectivity index (χ4n) is 1.61. The number of rotatable bonds is 4. The van der Waals surface area contributed by atoms with E-state index in [1.807, 2.05) is 4.90 Å². The molecule has 1 aliphatic rings. The molecule has 4 nitrogen and oxygen atoms in total. The van der Waals surface area contributed by atoms with Gasteiger partial charge in [0, 0.05) is 19.1 Å². The lowest BCUT2D eigenvalue weighted by Gasteiger charge is -2.24. The van der Waals surface area contributed by atoms with Crippen LogP contribution in [0.4, 0.5) is 4.79 Å². The van der Waals surface area contributed by atoms with E-state index < -0.39 is 0 Å². The maximum atomic E-state index is 11.2. The molecule has 0 radical (unpaired) electrons. The van der Waals surface area contributed by atoms with Crippen LogP contribution >= 0.6 is 0 Å². The molecule has 1 aliphatic heterocycles. The molecule has 1 heterocycles. The van der Waals surface area contributed by atoms with Crippen LogP contribution in [-0.4, -0.2) is 36.6 Å². The van der Waals surface area contributed by atoms with Crippen molar-refractivity contribution in [3.8, 4) is 0 Å². The number of nitrogens with two attached hydrogens (primary N) is 1. The van der Waals surface area contributed by atoms with E-state index in [-0.39, 0.29) is 6.03 Å². The van der Waals surface area contributed by atoms with E-state index in [4.69, 9.17) is 5.73 Å². The molecule has 0 aromatic rings. The predicted octanol–water partition coefficient (Wildman–Crippen LogP) is 0.139. The summed E-state index contributed by atoms with van der Waals surface area (Å²) in [7, 11) is 0.